The van der Waals surface area contributed by atoms with Gasteiger partial charge in [0.2, 0.25) is 0 Å². The molecule has 0 saturated heterocycles. The Morgan fingerprint density at radius 1 is 0.378 bits per heavy atom. The van der Waals surface area contributed by atoms with Crippen LogP contribution in [0.3, 0.4) is 0 Å². The first kappa shape index (κ1) is 21.3. The second kappa shape index (κ2) is 8.39. The topological polar surface area (TPSA) is 0 Å². The van der Waals surface area contributed by atoms with Gasteiger partial charge >= 0.3 is 0 Å². The van der Waals surface area contributed by atoms with Gasteiger partial charge in [-0.05, 0) is 51.4 Å². The smallest absolute Gasteiger partial charge is 0.0542 e. The van der Waals surface area contributed by atoms with Crippen LogP contribution in [-0.4, -0.2) is 0 Å². The van der Waals surface area contributed by atoms with E-state index < -0.39 is 0 Å². The SMILES string of the molecule is c1ccc2c(-c3ccc(-c4ccc(-c5ccc6c(c5)sc5c7ccccc7sc65)cc4)cc3)csc2c1. The number of thiophene rings is 3. The van der Waals surface area contributed by atoms with E-state index in [1.54, 1.807) is 0 Å². The third kappa shape index (κ3) is 3.47. The Balaban J connectivity index is 1.11. The van der Waals surface area contributed by atoms with E-state index in [0.717, 1.165) is 0 Å². The minimum Gasteiger partial charge on any atom is -0.143 e. The number of rotatable bonds is 3. The molecule has 3 heterocycles. The van der Waals surface area contributed by atoms with Crippen LogP contribution in [0.5, 0.6) is 0 Å². The maximum atomic E-state index is 2.36. The third-order valence-electron chi connectivity index (χ3n) is 7.22. The molecule has 0 amide bonds. The number of benzene rings is 5. The van der Waals surface area contributed by atoms with Crippen molar-refractivity contribution >= 4 is 73.7 Å². The standard InChI is InChI=1S/C34H20S3/c1-3-7-30-26(5-1)29(20-35-30)24-15-13-22(14-16-24)21-9-11-23(12-10-21)25-17-18-28-32(19-25)37-33-27-6-2-4-8-31(27)36-34(28)33/h1-20H. The molecule has 0 aliphatic carbocycles. The zero-order chi connectivity index (χ0) is 24.3. The second-order valence-corrected chi connectivity index (χ2v) is 12.4. The minimum atomic E-state index is 1.25. The van der Waals surface area contributed by atoms with Gasteiger partial charge in [-0.3, -0.25) is 0 Å². The largest absolute Gasteiger partial charge is 0.143 e. The fourth-order valence-electron chi connectivity index (χ4n) is 5.28. The maximum Gasteiger partial charge on any atom is 0.0542 e. The van der Waals surface area contributed by atoms with Crippen LogP contribution < -0.4 is 0 Å². The van der Waals surface area contributed by atoms with Gasteiger partial charge in [-0.1, -0.05) is 97.1 Å². The summed E-state index contributed by atoms with van der Waals surface area (Å²) in [5.74, 6) is 0. The van der Waals surface area contributed by atoms with Crippen LogP contribution in [0, 0.1) is 0 Å². The zero-order valence-electron chi connectivity index (χ0n) is 19.8. The van der Waals surface area contributed by atoms with Gasteiger partial charge in [0.1, 0.15) is 0 Å². The summed E-state index contributed by atoms with van der Waals surface area (Å²) >= 11 is 5.64. The highest BCUT2D eigenvalue weighted by molar-refractivity contribution is 7.36. The summed E-state index contributed by atoms with van der Waals surface area (Å²) in [4.78, 5) is 0. The van der Waals surface area contributed by atoms with Crippen LogP contribution in [-0.2, 0) is 0 Å². The van der Waals surface area contributed by atoms with E-state index in [9.17, 15) is 0 Å². The molecule has 0 fully saturated rings. The van der Waals surface area contributed by atoms with Gasteiger partial charge in [-0.25, -0.2) is 0 Å². The molecule has 174 valence electrons. The molecule has 8 rings (SSSR count). The van der Waals surface area contributed by atoms with Gasteiger partial charge in [0.05, 0.1) is 9.40 Å². The van der Waals surface area contributed by atoms with Crippen LogP contribution >= 0.6 is 34.0 Å². The fourth-order valence-corrected chi connectivity index (χ4v) is 8.95. The van der Waals surface area contributed by atoms with E-state index in [-0.39, 0.29) is 0 Å². The van der Waals surface area contributed by atoms with E-state index in [1.807, 2.05) is 34.0 Å². The van der Waals surface area contributed by atoms with Crippen molar-refractivity contribution in [3.8, 4) is 33.4 Å². The Hall–Kier alpha value is -3.76. The lowest BCUT2D eigenvalue weighted by Crippen LogP contribution is -1.82. The highest BCUT2D eigenvalue weighted by atomic mass is 32.1. The average molecular weight is 525 g/mol. The molecular formula is C34H20S3. The van der Waals surface area contributed by atoms with Crippen molar-refractivity contribution in [1.29, 1.82) is 0 Å². The third-order valence-corrected chi connectivity index (χ3v) is 10.7. The monoisotopic (exact) mass is 524 g/mol. The number of fused-ring (bicyclic) bond motifs is 6. The van der Waals surface area contributed by atoms with E-state index >= 15 is 0 Å². The average Bonchev–Trinajstić information content (AvgIpc) is 3.65. The first-order valence-electron chi connectivity index (χ1n) is 12.3. The van der Waals surface area contributed by atoms with Crippen LogP contribution in [0.2, 0.25) is 0 Å². The molecule has 3 aromatic heterocycles. The van der Waals surface area contributed by atoms with Crippen molar-refractivity contribution in [2.24, 2.45) is 0 Å². The highest BCUT2D eigenvalue weighted by Gasteiger charge is 2.13. The maximum absolute atomic E-state index is 2.36. The molecule has 8 aromatic rings. The Kier molecular flexibility index (Phi) is 4.84. The lowest BCUT2D eigenvalue weighted by atomic mass is 9.98. The zero-order valence-corrected chi connectivity index (χ0v) is 22.2. The number of hydrogen-bond acceptors (Lipinski definition) is 3. The van der Waals surface area contributed by atoms with Gasteiger partial charge in [-0.2, -0.15) is 0 Å². The van der Waals surface area contributed by atoms with Gasteiger partial charge < -0.3 is 0 Å². The van der Waals surface area contributed by atoms with Crippen LogP contribution in [0.15, 0.2) is 121 Å². The van der Waals surface area contributed by atoms with Crippen molar-refractivity contribution in [3.63, 3.8) is 0 Å². The molecule has 3 heteroatoms. The molecule has 0 aliphatic rings. The van der Waals surface area contributed by atoms with Crippen LogP contribution in [0.1, 0.15) is 0 Å². The summed E-state index contributed by atoms with van der Waals surface area (Å²) in [7, 11) is 0. The molecule has 0 N–H and O–H groups in total. The lowest BCUT2D eigenvalue weighted by Gasteiger charge is -2.07. The summed E-state index contributed by atoms with van der Waals surface area (Å²) < 4.78 is 6.92. The summed E-state index contributed by atoms with van der Waals surface area (Å²) in [6.07, 6.45) is 0. The van der Waals surface area contributed by atoms with Crippen molar-refractivity contribution in [3.05, 3.63) is 121 Å². The lowest BCUT2D eigenvalue weighted by molar-refractivity contribution is 1.60. The first-order valence-corrected chi connectivity index (χ1v) is 14.8. The Morgan fingerprint density at radius 3 is 1.62 bits per heavy atom. The molecule has 0 radical (unpaired) electrons. The molecular weight excluding hydrogens is 505 g/mol. The summed E-state index contributed by atoms with van der Waals surface area (Å²) in [5, 5.41) is 6.36. The van der Waals surface area contributed by atoms with Crippen LogP contribution in [0.25, 0.3) is 73.0 Å². The van der Waals surface area contributed by atoms with Gasteiger partial charge in [0.25, 0.3) is 0 Å². The Bertz CT molecular complexity index is 2070. The van der Waals surface area contributed by atoms with E-state index in [0.29, 0.717) is 0 Å². The first-order chi connectivity index (χ1) is 18.3. The van der Waals surface area contributed by atoms with E-state index in [1.165, 1.54) is 73.0 Å². The van der Waals surface area contributed by atoms with Crippen molar-refractivity contribution in [1.82, 2.24) is 0 Å². The predicted octanol–water partition coefficient (Wildman–Crippen LogP) is 11.5. The Labute approximate surface area is 226 Å². The van der Waals surface area contributed by atoms with E-state index in [4.69, 9.17) is 0 Å². The predicted molar refractivity (Wildman–Crippen MR) is 166 cm³/mol. The van der Waals surface area contributed by atoms with Gasteiger partial charge in [0.15, 0.2) is 0 Å². The van der Waals surface area contributed by atoms with Gasteiger partial charge in [-0.15, -0.1) is 34.0 Å². The second-order valence-electron chi connectivity index (χ2n) is 9.37. The minimum absolute atomic E-state index is 1.25. The molecule has 0 unspecified atom stereocenters. The Morgan fingerprint density at radius 2 is 0.892 bits per heavy atom. The number of hydrogen-bond donors (Lipinski definition) is 0. The molecule has 0 spiro atoms. The highest BCUT2D eigenvalue weighted by Crippen LogP contribution is 2.45. The molecule has 37 heavy (non-hydrogen) atoms. The van der Waals surface area contributed by atoms with Crippen molar-refractivity contribution < 1.29 is 0 Å². The molecule has 0 aliphatic heterocycles. The summed E-state index contributed by atoms with van der Waals surface area (Å²) in [6, 6.07) is 42.3. The molecule has 0 bridgehead atoms. The normalized spacial score (nSPS) is 11.8. The van der Waals surface area contributed by atoms with Crippen molar-refractivity contribution in [2.75, 3.05) is 0 Å². The molecule has 0 saturated carbocycles. The molecule has 0 atom stereocenters. The summed E-state index contributed by atoms with van der Waals surface area (Å²) in [5.41, 5.74) is 7.62. The quantitative estimate of drug-likeness (QED) is 0.216. The summed E-state index contributed by atoms with van der Waals surface area (Å²) in [6.45, 7) is 0. The van der Waals surface area contributed by atoms with Crippen LogP contribution in [0.4, 0.5) is 0 Å². The van der Waals surface area contributed by atoms with Crippen molar-refractivity contribution in [2.45, 2.75) is 0 Å². The van der Waals surface area contributed by atoms with Gasteiger partial charge in [0, 0.05) is 35.8 Å². The molecule has 0 nitrogen and oxygen atoms in total. The van der Waals surface area contributed by atoms with E-state index in [2.05, 4.69) is 121 Å². The molecule has 5 aromatic carbocycles. The fraction of sp³-hybridized carbons (Fsp3) is 0.